The first-order valence-electron chi connectivity index (χ1n) is 30.5. The zero-order chi connectivity index (χ0) is 63.5. The van der Waals surface area contributed by atoms with E-state index in [-0.39, 0.29) is 24.2 Å². The highest BCUT2D eigenvalue weighted by atomic mass is 32.2. The first kappa shape index (κ1) is 72.3. The lowest BCUT2D eigenvalue weighted by molar-refractivity contribution is -0.197. The number of hydrogen-bond donors (Lipinski definition) is 0. The van der Waals surface area contributed by atoms with Crippen LogP contribution in [0.15, 0.2) is 93.9 Å². The Bertz CT molecular complexity index is 2930. The van der Waals surface area contributed by atoms with Crippen LogP contribution < -0.4 is 14.8 Å². The number of carbonyl (C=O) groups is 3. The van der Waals surface area contributed by atoms with Gasteiger partial charge in [0, 0.05) is 74.0 Å². The topological polar surface area (TPSA) is 251 Å². The maximum atomic E-state index is 12.6. The van der Waals surface area contributed by atoms with Crippen molar-refractivity contribution in [2.45, 2.75) is 69.6 Å². The number of amides is 2. The molecule has 0 spiro atoms. The Morgan fingerprint density at radius 1 is 0.629 bits per heavy atom. The molecule has 24 heteroatoms. The minimum atomic E-state index is -4.75. The van der Waals surface area contributed by atoms with Crippen LogP contribution in [0, 0.1) is 6.92 Å². The van der Waals surface area contributed by atoms with Gasteiger partial charge in [0.05, 0.1) is 143 Å². The Morgan fingerprint density at radius 3 is 1.62 bits per heavy atom. The number of fused-ring (bicyclic) bond motifs is 2. The molecule has 492 valence electrons. The van der Waals surface area contributed by atoms with Crippen molar-refractivity contribution in [3.05, 3.63) is 107 Å². The minimum absolute atomic E-state index is 0.0107. The summed E-state index contributed by atoms with van der Waals surface area (Å²) < 4.78 is 113. The molecule has 0 radical (unpaired) electrons. The molecule has 89 heavy (non-hydrogen) atoms. The summed E-state index contributed by atoms with van der Waals surface area (Å²) >= 11 is 0. The summed E-state index contributed by atoms with van der Waals surface area (Å²) in [4.78, 5) is 43.4. The molecule has 2 aromatic carbocycles. The van der Waals surface area contributed by atoms with Crippen LogP contribution in [0.1, 0.15) is 69.3 Å². The number of allylic oxidation sites excluding steroid dienone is 3. The highest BCUT2D eigenvalue weighted by Crippen LogP contribution is 2.49. The molecule has 6 rings (SSSR count). The molecule has 2 aromatic rings. The van der Waals surface area contributed by atoms with Crippen molar-refractivity contribution in [1.29, 1.82) is 0 Å². The maximum Gasteiger partial charge on any atom is 0.333 e. The van der Waals surface area contributed by atoms with Crippen molar-refractivity contribution in [2.24, 2.45) is 0 Å². The van der Waals surface area contributed by atoms with Crippen molar-refractivity contribution in [2.75, 3.05) is 184 Å². The van der Waals surface area contributed by atoms with Gasteiger partial charge in [-0.05, 0) is 72.9 Å². The summed E-state index contributed by atoms with van der Waals surface area (Å²) in [6.07, 6.45) is 7.52. The number of rotatable bonds is 47. The molecule has 4 aliphatic rings. The van der Waals surface area contributed by atoms with E-state index in [1.54, 1.807) is 20.3 Å². The summed E-state index contributed by atoms with van der Waals surface area (Å²) in [5.74, 6) is -0.464. The molecular formula is C65H91N3O20S. The molecule has 0 aromatic heterocycles. The fourth-order valence-corrected chi connectivity index (χ4v) is 10.4. The number of imide groups is 1. The summed E-state index contributed by atoms with van der Waals surface area (Å²) in [6, 6.07) is 20.8. The Labute approximate surface area is 523 Å². The van der Waals surface area contributed by atoms with Gasteiger partial charge in [-0.15, -0.1) is 5.06 Å². The molecule has 0 bridgehead atoms. The van der Waals surface area contributed by atoms with Gasteiger partial charge in [0.15, 0.2) is 13.1 Å². The number of hydrogen-bond acceptors (Lipinski definition) is 21. The molecular weight excluding hydrogens is 1170 g/mol. The van der Waals surface area contributed by atoms with Gasteiger partial charge in [-0.2, -0.15) is 0 Å². The normalized spacial score (nSPS) is 14.6. The van der Waals surface area contributed by atoms with Crippen LogP contribution in [-0.4, -0.2) is 215 Å². The molecule has 1 fully saturated rings. The average Bonchev–Trinajstić information content (AvgIpc) is 1.68. The molecule has 2 amide bonds. The molecule has 0 saturated carbocycles. The number of ether oxygens (including phenoxy) is 12. The quantitative estimate of drug-likeness (QED) is 0.0202. The van der Waals surface area contributed by atoms with Crippen molar-refractivity contribution < 1.29 is 93.5 Å². The predicted molar refractivity (Wildman–Crippen MR) is 330 cm³/mol. The number of carbonyl (C=O) groups excluding carboxylic acids is 3. The van der Waals surface area contributed by atoms with Crippen molar-refractivity contribution in [3.63, 3.8) is 0 Å². The van der Waals surface area contributed by atoms with Crippen LogP contribution in [-0.2, 0) is 91.6 Å². The van der Waals surface area contributed by atoms with Gasteiger partial charge < -0.3 is 75.5 Å². The van der Waals surface area contributed by atoms with Crippen molar-refractivity contribution >= 4 is 39.7 Å². The van der Waals surface area contributed by atoms with Gasteiger partial charge in [0.1, 0.15) is 34.9 Å². The number of benzene rings is 3. The number of unbranched alkanes of at least 4 members (excludes halogenated alkanes) is 2. The molecule has 3 aliphatic heterocycles. The lowest BCUT2D eigenvalue weighted by atomic mass is 9.83. The van der Waals surface area contributed by atoms with E-state index in [2.05, 4.69) is 33.7 Å². The molecule has 1 saturated heterocycles. The lowest BCUT2D eigenvalue weighted by Crippen LogP contribution is -2.36. The van der Waals surface area contributed by atoms with Crippen LogP contribution in [0.25, 0.3) is 28.5 Å². The Morgan fingerprint density at radius 2 is 1.12 bits per heavy atom. The fraction of sp³-hybridized carbons (Fsp3) is 0.569. The SMILES string of the molecule is COCCOCCOCCOCCOCCOCC[N+](CCOCCOCCOCCOCCOCCOC)=c1ccc2c(-c3ccccc3)c(C)c(/C=C/C=C3/N(CCCCCC(=O)ON4C(=O)CCC4=O)c4ccc(S(=O)(=O)[O-])cc4C3(C)C)oc-2c1. The monoisotopic (exact) mass is 1270 g/mol. The van der Waals surface area contributed by atoms with E-state index in [1.807, 2.05) is 63.3 Å². The molecule has 0 N–H and O–H groups in total. The fourth-order valence-electron chi connectivity index (χ4n) is 9.92. The molecule has 3 heterocycles. The third kappa shape index (κ3) is 24.4. The molecule has 0 atom stereocenters. The van der Waals surface area contributed by atoms with Crippen LogP contribution in [0.4, 0.5) is 5.69 Å². The zero-order valence-corrected chi connectivity index (χ0v) is 53.2. The minimum Gasteiger partial charge on any atom is -0.744 e. The summed E-state index contributed by atoms with van der Waals surface area (Å²) in [5, 5.41) is 1.45. The summed E-state index contributed by atoms with van der Waals surface area (Å²) in [6.45, 7) is 17.7. The highest BCUT2D eigenvalue weighted by Gasteiger charge is 2.40. The van der Waals surface area contributed by atoms with Gasteiger partial charge in [0.25, 0.3) is 11.8 Å². The summed E-state index contributed by atoms with van der Waals surface area (Å²) in [7, 11) is -1.48. The smallest absolute Gasteiger partial charge is 0.333 e. The van der Waals surface area contributed by atoms with E-state index < -0.39 is 33.3 Å². The second-order valence-electron chi connectivity index (χ2n) is 21.3. The van der Waals surface area contributed by atoms with E-state index in [9.17, 15) is 27.4 Å². The largest absolute Gasteiger partial charge is 0.744 e. The second kappa shape index (κ2) is 40.1. The van der Waals surface area contributed by atoms with E-state index in [0.29, 0.717) is 206 Å². The standard InChI is InChI=1S/C65H91N3O20S/c1-51-58(15-12-16-60-65(2,3)56-50-54(89(72,73)74)19-21-57(56)67(60)24-11-7-10-17-63(71)88-68-61(69)22-23-62(68)70)87-59-49-53(18-20-55(59)64(51)52-13-8-6-9-14-52)66(25-27-77-33-35-81-41-43-85-47-45-83-39-37-79-31-29-75-4)26-28-78-34-36-82-42-44-86-48-46-84-40-38-80-32-30-76-5/h6,8-9,12-16,18-21,49-50H,7,10-11,17,22-48H2,1-5H3. The van der Waals surface area contributed by atoms with Gasteiger partial charge >= 0.3 is 5.97 Å². The predicted octanol–water partition coefficient (Wildman–Crippen LogP) is 6.36. The van der Waals surface area contributed by atoms with E-state index in [4.69, 9.17) is 66.1 Å². The summed E-state index contributed by atoms with van der Waals surface area (Å²) in [5.41, 5.74) is 5.39. The van der Waals surface area contributed by atoms with Crippen LogP contribution in [0.3, 0.4) is 0 Å². The number of anilines is 1. The van der Waals surface area contributed by atoms with Gasteiger partial charge in [-0.1, -0.05) is 56.7 Å². The Hall–Kier alpha value is -5.81. The third-order valence-corrected chi connectivity index (χ3v) is 15.4. The van der Waals surface area contributed by atoms with E-state index in [0.717, 1.165) is 39.0 Å². The first-order valence-corrected chi connectivity index (χ1v) is 31.9. The average molecular weight is 1270 g/mol. The lowest BCUT2D eigenvalue weighted by Gasteiger charge is -2.27. The van der Waals surface area contributed by atoms with Crippen molar-refractivity contribution in [3.8, 4) is 22.5 Å². The van der Waals surface area contributed by atoms with Crippen LogP contribution >= 0.6 is 0 Å². The third-order valence-electron chi connectivity index (χ3n) is 14.6. The van der Waals surface area contributed by atoms with Crippen molar-refractivity contribution in [1.82, 2.24) is 9.64 Å². The number of methoxy groups -OCH3 is 2. The second-order valence-corrected chi connectivity index (χ2v) is 22.7. The maximum absolute atomic E-state index is 12.6. The van der Waals surface area contributed by atoms with Crippen LogP contribution in [0.2, 0.25) is 0 Å². The Kier molecular flexibility index (Phi) is 32.6. The van der Waals surface area contributed by atoms with Crippen LogP contribution in [0.5, 0.6) is 0 Å². The molecule has 0 unspecified atom stereocenters. The Balaban J connectivity index is 1.15. The molecule has 23 nitrogen and oxygen atoms in total. The number of nitrogens with zero attached hydrogens (tertiary/aromatic N) is 3. The zero-order valence-electron chi connectivity index (χ0n) is 52.4. The van der Waals surface area contributed by atoms with Gasteiger partial charge in [0.2, 0.25) is 5.36 Å². The first-order chi connectivity index (χ1) is 43.2. The molecule has 1 aliphatic carbocycles. The van der Waals surface area contributed by atoms with E-state index >= 15 is 0 Å². The van der Waals surface area contributed by atoms with Gasteiger partial charge in [-0.3, -0.25) is 9.59 Å². The number of hydroxylamine groups is 2. The van der Waals surface area contributed by atoms with Gasteiger partial charge in [-0.25, -0.2) is 17.8 Å². The highest BCUT2D eigenvalue weighted by molar-refractivity contribution is 7.85. The van der Waals surface area contributed by atoms with E-state index in [1.165, 1.54) is 12.1 Å².